The fourth-order valence-corrected chi connectivity index (χ4v) is 3.97. The highest BCUT2D eigenvalue weighted by molar-refractivity contribution is 6.12. The average molecular weight is 684 g/mol. The number of methoxy groups -OCH3 is 1. The summed E-state index contributed by atoms with van der Waals surface area (Å²) in [6, 6.07) is -0.924. The molecule has 48 heavy (non-hydrogen) atoms. The normalized spacial score (nSPS) is 12.6. The molecule has 19 nitrogen and oxygen atoms in total. The van der Waals surface area contributed by atoms with Crippen molar-refractivity contribution in [2.45, 2.75) is 51.0 Å². The van der Waals surface area contributed by atoms with E-state index < -0.39 is 73.0 Å². The summed E-state index contributed by atoms with van der Waals surface area (Å²) in [6.07, 6.45) is 3.85. The van der Waals surface area contributed by atoms with Gasteiger partial charge in [-0.1, -0.05) is 0 Å². The van der Waals surface area contributed by atoms with Crippen LogP contribution in [-0.4, -0.2) is 135 Å². The van der Waals surface area contributed by atoms with Crippen LogP contribution in [0.25, 0.3) is 0 Å². The van der Waals surface area contributed by atoms with E-state index >= 15 is 0 Å². The molecular formula is C29H45N7O12. The van der Waals surface area contributed by atoms with Crippen LogP contribution in [0.5, 0.6) is 0 Å². The lowest BCUT2D eigenvalue weighted by atomic mass is 10.1. The molecule has 0 saturated heterocycles. The third-order valence-electron chi connectivity index (χ3n) is 6.45. The van der Waals surface area contributed by atoms with Gasteiger partial charge in [-0.2, -0.15) is 0 Å². The molecule has 0 aromatic rings. The zero-order chi connectivity index (χ0) is 35.7. The van der Waals surface area contributed by atoms with Crippen molar-refractivity contribution in [3.8, 4) is 0 Å². The lowest BCUT2D eigenvalue weighted by molar-refractivity contribution is -0.138. The second-order valence-electron chi connectivity index (χ2n) is 10.4. The van der Waals surface area contributed by atoms with E-state index in [0.717, 1.165) is 17.1 Å². The molecule has 1 aliphatic heterocycles. The topological polar surface area (TPSA) is 268 Å². The molecule has 0 fully saturated rings. The summed E-state index contributed by atoms with van der Waals surface area (Å²) >= 11 is 0. The average Bonchev–Trinajstić information content (AvgIpc) is 3.37. The van der Waals surface area contributed by atoms with Crippen LogP contribution in [0, 0.1) is 0 Å². The van der Waals surface area contributed by atoms with Crippen LogP contribution in [-0.2, 0) is 52.6 Å². The molecule has 19 heteroatoms. The number of aliphatic carboxylic acids is 1. The Morgan fingerprint density at radius 3 is 1.96 bits per heavy atom. The first kappa shape index (κ1) is 41.1. The SMILES string of the molecule is COCCOCC(=O)NCCCC[C@H](NC(=O)CCCN1C(=O)C=CC1=O)C(=O)NCCCC(=O)NCC(=O)NCC(=O)NCC(=O)O. The molecule has 0 spiro atoms. The quantitative estimate of drug-likeness (QED) is 0.0345. The zero-order valence-corrected chi connectivity index (χ0v) is 26.9. The number of rotatable bonds is 26. The summed E-state index contributed by atoms with van der Waals surface area (Å²) in [5.41, 5.74) is 0. The monoisotopic (exact) mass is 683 g/mol. The minimum Gasteiger partial charge on any atom is -0.480 e. The predicted octanol–water partition coefficient (Wildman–Crippen LogP) is -3.54. The van der Waals surface area contributed by atoms with E-state index in [-0.39, 0.29) is 64.3 Å². The van der Waals surface area contributed by atoms with E-state index in [1.807, 2.05) is 0 Å². The van der Waals surface area contributed by atoms with Gasteiger partial charge in [-0.05, 0) is 32.1 Å². The number of carbonyl (C=O) groups excluding carboxylic acids is 8. The van der Waals surface area contributed by atoms with E-state index in [2.05, 4.69) is 31.9 Å². The van der Waals surface area contributed by atoms with Gasteiger partial charge in [0.15, 0.2) is 0 Å². The highest BCUT2D eigenvalue weighted by Gasteiger charge is 2.24. The van der Waals surface area contributed by atoms with E-state index in [4.69, 9.17) is 14.6 Å². The molecule has 1 rings (SSSR count). The Morgan fingerprint density at radius 2 is 1.31 bits per heavy atom. The number of ether oxygens (including phenoxy) is 2. The Labute approximate surface area is 277 Å². The van der Waals surface area contributed by atoms with Gasteiger partial charge in [-0.25, -0.2) is 0 Å². The van der Waals surface area contributed by atoms with Crippen LogP contribution >= 0.6 is 0 Å². The van der Waals surface area contributed by atoms with Gasteiger partial charge in [0, 0.05) is 51.7 Å². The number of amides is 8. The smallest absolute Gasteiger partial charge is 0.322 e. The van der Waals surface area contributed by atoms with Crippen molar-refractivity contribution in [2.75, 3.05) is 66.2 Å². The number of carbonyl (C=O) groups is 9. The van der Waals surface area contributed by atoms with E-state index in [1.165, 1.54) is 7.11 Å². The van der Waals surface area contributed by atoms with Crippen LogP contribution in [0.4, 0.5) is 0 Å². The Morgan fingerprint density at radius 1 is 0.708 bits per heavy atom. The number of nitrogens with zero attached hydrogens (tertiary/aromatic N) is 1. The standard InChI is InChI=1S/C29H45N7O12/c1-47-14-15-48-19-25(41)30-11-3-2-6-20(35-22(38)8-5-13-36-26(42)9-10-27(36)43)29(46)31-12-4-7-21(37)32-16-23(39)33-17-24(40)34-18-28(44)45/h9-10,20H,2-8,11-19H2,1H3,(H,30,41)(H,31,46)(H,32,37)(H,33,39)(H,34,40)(H,35,38)(H,44,45)/t20-/m0/s1. The minimum absolute atomic E-state index is 0.0403. The van der Waals surface area contributed by atoms with Gasteiger partial charge in [-0.3, -0.25) is 48.1 Å². The van der Waals surface area contributed by atoms with Crippen LogP contribution < -0.4 is 31.9 Å². The van der Waals surface area contributed by atoms with Crippen molar-refractivity contribution in [1.82, 2.24) is 36.8 Å². The molecule has 1 aliphatic rings. The van der Waals surface area contributed by atoms with Gasteiger partial charge >= 0.3 is 5.97 Å². The second kappa shape index (κ2) is 24.3. The van der Waals surface area contributed by atoms with Crippen molar-refractivity contribution in [3.05, 3.63) is 12.2 Å². The number of carboxylic acid groups (broad SMARTS) is 1. The predicted molar refractivity (Wildman–Crippen MR) is 165 cm³/mol. The number of carboxylic acids is 1. The van der Waals surface area contributed by atoms with E-state index in [0.29, 0.717) is 26.0 Å². The highest BCUT2D eigenvalue weighted by atomic mass is 16.5. The molecule has 7 N–H and O–H groups in total. The fourth-order valence-electron chi connectivity index (χ4n) is 3.97. The summed E-state index contributed by atoms with van der Waals surface area (Å²) in [4.78, 5) is 107. The van der Waals surface area contributed by atoms with Crippen LogP contribution in [0.1, 0.15) is 44.9 Å². The Kier molecular flexibility index (Phi) is 20.8. The largest absolute Gasteiger partial charge is 0.480 e. The summed E-state index contributed by atoms with van der Waals surface area (Å²) in [7, 11) is 1.52. The van der Waals surface area contributed by atoms with Gasteiger partial charge in [0.25, 0.3) is 11.8 Å². The zero-order valence-electron chi connectivity index (χ0n) is 26.9. The third kappa shape index (κ3) is 19.6. The van der Waals surface area contributed by atoms with Gasteiger partial charge < -0.3 is 46.5 Å². The first-order valence-electron chi connectivity index (χ1n) is 15.4. The number of nitrogens with one attached hydrogen (secondary N) is 6. The van der Waals surface area contributed by atoms with Gasteiger partial charge in [0.05, 0.1) is 26.3 Å². The molecule has 0 bridgehead atoms. The maximum absolute atomic E-state index is 12.9. The van der Waals surface area contributed by atoms with E-state index in [9.17, 15) is 43.2 Å². The number of imide groups is 1. The lowest BCUT2D eigenvalue weighted by Crippen LogP contribution is -2.47. The number of hydrogen-bond donors (Lipinski definition) is 7. The van der Waals surface area contributed by atoms with E-state index in [1.54, 1.807) is 0 Å². The molecule has 268 valence electrons. The Hall–Kier alpha value is -4.91. The molecule has 0 saturated carbocycles. The fraction of sp³-hybridized carbons (Fsp3) is 0.621. The Balaban J connectivity index is 2.45. The molecular weight excluding hydrogens is 638 g/mol. The number of hydrogen-bond acceptors (Lipinski definition) is 11. The van der Waals surface area contributed by atoms with Crippen LogP contribution in [0.2, 0.25) is 0 Å². The molecule has 1 atom stereocenters. The summed E-state index contributed by atoms with van der Waals surface area (Å²) in [5.74, 6) is -5.26. The first-order chi connectivity index (χ1) is 22.9. The second-order valence-corrected chi connectivity index (χ2v) is 10.4. The number of unbranched alkanes of at least 4 members (excludes halogenated alkanes) is 1. The third-order valence-corrected chi connectivity index (χ3v) is 6.45. The Bertz CT molecular complexity index is 1160. The highest BCUT2D eigenvalue weighted by Crippen LogP contribution is 2.07. The molecule has 0 aromatic carbocycles. The summed E-state index contributed by atoms with van der Waals surface area (Å²) < 4.78 is 9.98. The maximum Gasteiger partial charge on any atom is 0.322 e. The molecule has 8 amide bonds. The van der Waals surface area contributed by atoms with Crippen LogP contribution in [0.15, 0.2) is 12.2 Å². The molecule has 0 aromatic heterocycles. The summed E-state index contributed by atoms with van der Waals surface area (Å²) in [5, 5.41) is 23.2. The van der Waals surface area contributed by atoms with Crippen molar-refractivity contribution in [2.24, 2.45) is 0 Å². The first-order valence-corrected chi connectivity index (χ1v) is 15.4. The van der Waals surface area contributed by atoms with Crippen LogP contribution in [0.3, 0.4) is 0 Å². The summed E-state index contributed by atoms with van der Waals surface area (Å²) in [6.45, 7) is -0.476. The van der Waals surface area contributed by atoms with Crippen molar-refractivity contribution >= 4 is 53.2 Å². The van der Waals surface area contributed by atoms with Gasteiger partial charge in [-0.15, -0.1) is 0 Å². The van der Waals surface area contributed by atoms with Crippen molar-refractivity contribution < 1.29 is 57.7 Å². The van der Waals surface area contributed by atoms with Gasteiger partial charge in [0.1, 0.15) is 19.2 Å². The maximum atomic E-state index is 12.9. The lowest BCUT2D eigenvalue weighted by Gasteiger charge is -2.19. The van der Waals surface area contributed by atoms with Crippen molar-refractivity contribution in [1.29, 1.82) is 0 Å². The minimum atomic E-state index is -1.24. The molecule has 1 heterocycles. The molecule has 0 radical (unpaired) electrons. The molecule has 0 unspecified atom stereocenters. The van der Waals surface area contributed by atoms with Gasteiger partial charge in [0.2, 0.25) is 35.4 Å². The van der Waals surface area contributed by atoms with Crippen molar-refractivity contribution in [3.63, 3.8) is 0 Å². The molecule has 0 aliphatic carbocycles.